The summed E-state index contributed by atoms with van der Waals surface area (Å²) >= 11 is 0. The standard InChI is InChI=1S/C18H26N4O3/c1-3-6-21-12-15(10-19-21)11-20-7-4-18(5-8-20)9-16(17(24)25)22(13-18)14(2)23/h3,10,12,16H,1,4-9,11,13H2,2H3,(H,24,25)/t16-/m0/s1. The lowest BCUT2D eigenvalue weighted by Gasteiger charge is -2.39. The molecule has 1 aromatic heterocycles. The van der Waals surface area contributed by atoms with Crippen LogP contribution >= 0.6 is 0 Å². The van der Waals surface area contributed by atoms with E-state index in [0.717, 1.165) is 32.5 Å². The van der Waals surface area contributed by atoms with Gasteiger partial charge in [0.25, 0.3) is 0 Å². The third-order valence-corrected chi connectivity index (χ3v) is 5.52. The predicted octanol–water partition coefficient (Wildman–Crippen LogP) is 1.36. The Balaban J connectivity index is 1.58. The fourth-order valence-electron chi connectivity index (χ4n) is 4.13. The van der Waals surface area contributed by atoms with E-state index in [1.807, 2.05) is 23.2 Å². The van der Waals surface area contributed by atoms with Crippen LogP contribution in [0.25, 0.3) is 0 Å². The molecule has 0 unspecified atom stereocenters. The Morgan fingerprint density at radius 3 is 2.72 bits per heavy atom. The number of carbonyl (C=O) groups is 2. The maximum absolute atomic E-state index is 11.8. The lowest BCUT2D eigenvalue weighted by molar-refractivity contribution is -0.147. The number of carbonyl (C=O) groups excluding carboxylic acids is 1. The molecule has 1 aromatic rings. The molecule has 2 saturated heterocycles. The van der Waals surface area contributed by atoms with Gasteiger partial charge in [-0.25, -0.2) is 4.79 Å². The Labute approximate surface area is 147 Å². The smallest absolute Gasteiger partial charge is 0.326 e. The second kappa shape index (κ2) is 7.00. The van der Waals surface area contributed by atoms with E-state index >= 15 is 0 Å². The van der Waals surface area contributed by atoms with Crippen LogP contribution in [0.4, 0.5) is 0 Å². The molecule has 7 heteroatoms. The van der Waals surface area contributed by atoms with Crippen molar-refractivity contribution >= 4 is 11.9 Å². The van der Waals surface area contributed by atoms with Gasteiger partial charge in [-0.15, -0.1) is 6.58 Å². The number of aliphatic carboxylic acids is 1. The molecule has 2 aliphatic rings. The highest BCUT2D eigenvalue weighted by molar-refractivity contribution is 5.83. The first-order chi connectivity index (χ1) is 11.9. The van der Waals surface area contributed by atoms with Gasteiger partial charge in [-0.05, 0) is 37.8 Å². The average Bonchev–Trinajstić information content (AvgIpc) is 3.16. The minimum Gasteiger partial charge on any atom is -0.480 e. The first kappa shape index (κ1) is 17.7. The summed E-state index contributed by atoms with van der Waals surface area (Å²) < 4.78 is 1.87. The monoisotopic (exact) mass is 346 g/mol. The van der Waals surface area contributed by atoms with Gasteiger partial charge >= 0.3 is 5.97 Å². The molecule has 0 aromatic carbocycles. The summed E-state index contributed by atoms with van der Waals surface area (Å²) in [5, 5.41) is 13.7. The SMILES string of the molecule is C=CCn1cc(CN2CCC3(CC2)C[C@@H](C(=O)O)N(C(C)=O)C3)cn1. The zero-order chi connectivity index (χ0) is 18.0. The van der Waals surface area contributed by atoms with Crippen molar-refractivity contribution in [2.24, 2.45) is 5.41 Å². The number of hydrogen-bond donors (Lipinski definition) is 1. The summed E-state index contributed by atoms with van der Waals surface area (Å²) in [6.07, 6.45) is 8.19. The van der Waals surface area contributed by atoms with Crippen LogP contribution in [0, 0.1) is 5.41 Å². The molecule has 25 heavy (non-hydrogen) atoms. The second-order valence-corrected chi connectivity index (χ2v) is 7.34. The lowest BCUT2D eigenvalue weighted by atomic mass is 9.76. The van der Waals surface area contributed by atoms with Crippen molar-refractivity contribution in [1.29, 1.82) is 0 Å². The number of carboxylic acid groups (broad SMARTS) is 1. The number of likely N-dealkylation sites (tertiary alicyclic amines) is 2. The molecule has 1 amide bonds. The van der Waals surface area contributed by atoms with Crippen molar-refractivity contribution in [3.05, 3.63) is 30.6 Å². The van der Waals surface area contributed by atoms with Crippen molar-refractivity contribution in [2.75, 3.05) is 19.6 Å². The third-order valence-electron chi connectivity index (χ3n) is 5.52. The highest BCUT2D eigenvalue weighted by Gasteiger charge is 2.48. The Hall–Kier alpha value is -2.15. The van der Waals surface area contributed by atoms with Crippen molar-refractivity contribution in [2.45, 2.75) is 45.3 Å². The van der Waals surface area contributed by atoms with Gasteiger partial charge in [0.15, 0.2) is 0 Å². The molecular formula is C18H26N4O3. The lowest BCUT2D eigenvalue weighted by Crippen LogP contribution is -2.42. The molecule has 1 spiro atoms. The molecule has 2 aliphatic heterocycles. The zero-order valence-electron chi connectivity index (χ0n) is 14.7. The molecular weight excluding hydrogens is 320 g/mol. The Morgan fingerprint density at radius 1 is 1.44 bits per heavy atom. The molecule has 0 saturated carbocycles. The molecule has 136 valence electrons. The Morgan fingerprint density at radius 2 is 2.16 bits per heavy atom. The van der Waals surface area contributed by atoms with Gasteiger partial charge in [0.2, 0.25) is 5.91 Å². The minimum absolute atomic E-state index is 0.0434. The van der Waals surface area contributed by atoms with Crippen LogP contribution in [0.2, 0.25) is 0 Å². The fourth-order valence-corrected chi connectivity index (χ4v) is 4.13. The molecule has 7 nitrogen and oxygen atoms in total. The summed E-state index contributed by atoms with van der Waals surface area (Å²) in [4.78, 5) is 27.2. The molecule has 1 N–H and O–H groups in total. The number of amides is 1. The van der Waals surface area contributed by atoms with Gasteiger partial charge in [-0.2, -0.15) is 5.10 Å². The van der Waals surface area contributed by atoms with E-state index in [0.29, 0.717) is 19.5 Å². The Kier molecular flexibility index (Phi) is 4.94. The summed E-state index contributed by atoms with van der Waals surface area (Å²) in [6.45, 7) is 9.16. The Bertz CT molecular complexity index is 637. The number of piperidine rings is 1. The van der Waals surface area contributed by atoms with Crippen LogP contribution in [-0.2, 0) is 22.7 Å². The summed E-state index contributed by atoms with van der Waals surface area (Å²) in [7, 11) is 0. The molecule has 0 bridgehead atoms. The number of rotatable bonds is 5. The van der Waals surface area contributed by atoms with E-state index in [1.54, 1.807) is 0 Å². The first-order valence-corrected chi connectivity index (χ1v) is 8.77. The minimum atomic E-state index is -0.885. The van der Waals surface area contributed by atoms with Crippen LogP contribution in [0.3, 0.4) is 0 Å². The number of aromatic nitrogens is 2. The quantitative estimate of drug-likeness (QED) is 0.815. The van der Waals surface area contributed by atoms with Crippen LogP contribution in [-0.4, -0.2) is 62.2 Å². The summed E-state index contributed by atoms with van der Waals surface area (Å²) in [5.74, 6) is -1.02. The number of nitrogens with zero attached hydrogens (tertiary/aromatic N) is 4. The average molecular weight is 346 g/mol. The van der Waals surface area contributed by atoms with Crippen molar-refractivity contribution < 1.29 is 14.7 Å². The third kappa shape index (κ3) is 3.76. The van der Waals surface area contributed by atoms with Gasteiger partial charge in [-0.3, -0.25) is 14.4 Å². The maximum Gasteiger partial charge on any atom is 0.326 e. The van der Waals surface area contributed by atoms with Crippen molar-refractivity contribution in [3.8, 4) is 0 Å². The van der Waals surface area contributed by atoms with Crippen LogP contribution in [0.15, 0.2) is 25.0 Å². The van der Waals surface area contributed by atoms with Crippen LogP contribution in [0.1, 0.15) is 31.7 Å². The second-order valence-electron chi connectivity index (χ2n) is 7.34. The fraction of sp³-hybridized carbons (Fsp3) is 0.611. The molecule has 3 heterocycles. The maximum atomic E-state index is 11.8. The van der Waals surface area contributed by atoms with Crippen LogP contribution in [0.5, 0.6) is 0 Å². The zero-order valence-corrected chi connectivity index (χ0v) is 14.7. The normalized spacial score (nSPS) is 23.1. The summed E-state index contributed by atoms with van der Waals surface area (Å²) in [6, 6.07) is -0.666. The first-order valence-electron chi connectivity index (χ1n) is 8.77. The highest BCUT2D eigenvalue weighted by Crippen LogP contribution is 2.43. The van der Waals surface area contributed by atoms with Crippen LogP contribution < -0.4 is 0 Å². The van der Waals surface area contributed by atoms with E-state index in [4.69, 9.17) is 0 Å². The number of carboxylic acids is 1. The van der Waals surface area contributed by atoms with E-state index in [1.165, 1.54) is 17.4 Å². The van der Waals surface area contributed by atoms with E-state index < -0.39 is 12.0 Å². The topological polar surface area (TPSA) is 78.7 Å². The number of allylic oxidation sites excluding steroid dienone is 1. The van der Waals surface area contributed by atoms with Gasteiger partial charge in [0.1, 0.15) is 6.04 Å². The largest absolute Gasteiger partial charge is 0.480 e. The molecule has 2 fully saturated rings. The number of hydrogen-bond acceptors (Lipinski definition) is 4. The van der Waals surface area contributed by atoms with Crippen molar-refractivity contribution in [1.82, 2.24) is 19.6 Å². The van der Waals surface area contributed by atoms with E-state index in [9.17, 15) is 14.7 Å². The molecule has 0 radical (unpaired) electrons. The van der Waals surface area contributed by atoms with Gasteiger partial charge in [0.05, 0.1) is 12.7 Å². The van der Waals surface area contributed by atoms with Gasteiger partial charge in [-0.1, -0.05) is 6.08 Å². The highest BCUT2D eigenvalue weighted by atomic mass is 16.4. The van der Waals surface area contributed by atoms with Crippen molar-refractivity contribution in [3.63, 3.8) is 0 Å². The molecule has 1 atom stereocenters. The molecule has 3 rings (SSSR count). The van der Waals surface area contributed by atoms with E-state index in [-0.39, 0.29) is 11.3 Å². The molecule has 0 aliphatic carbocycles. The van der Waals surface area contributed by atoms with Gasteiger partial charge < -0.3 is 10.0 Å². The van der Waals surface area contributed by atoms with E-state index in [2.05, 4.69) is 16.6 Å². The van der Waals surface area contributed by atoms with Gasteiger partial charge in [0, 0.05) is 31.8 Å². The summed E-state index contributed by atoms with van der Waals surface area (Å²) in [5.41, 5.74) is 1.14. The predicted molar refractivity (Wildman–Crippen MR) is 92.8 cm³/mol.